The number of benzene rings is 1. The van der Waals surface area contributed by atoms with Crippen LogP contribution in [0.4, 0.5) is 0 Å². The van der Waals surface area contributed by atoms with Crippen molar-refractivity contribution in [2.24, 2.45) is 4.99 Å². The monoisotopic (exact) mass is 353 g/mol. The molecule has 0 radical (unpaired) electrons. The lowest BCUT2D eigenvalue weighted by Gasteiger charge is -2.12. The summed E-state index contributed by atoms with van der Waals surface area (Å²) in [5.74, 6) is 1.20. The number of aromatic nitrogens is 2. The van der Waals surface area contributed by atoms with E-state index < -0.39 is 0 Å². The van der Waals surface area contributed by atoms with Crippen LogP contribution in [0, 0.1) is 0 Å². The van der Waals surface area contributed by atoms with Gasteiger partial charge >= 0.3 is 0 Å². The smallest absolute Gasteiger partial charge is 0.191 e. The minimum Gasteiger partial charge on any atom is -0.351 e. The van der Waals surface area contributed by atoms with E-state index in [1.165, 1.54) is 5.39 Å². The van der Waals surface area contributed by atoms with Gasteiger partial charge < -0.3 is 10.6 Å². The highest BCUT2D eigenvalue weighted by Crippen LogP contribution is 2.18. The van der Waals surface area contributed by atoms with Gasteiger partial charge in [-0.2, -0.15) is 0 Å². The fourth-order valence-corrected chi connectivity index (χ4v) is 3.44. The minimum atomic E-state index is 0.458. The second-order valence-electron chi connectivity index (χ2n) is 6.08. The van der Waals surface area contributed by atoms with Crippen LogP contribution < -0.4 is 10.6 Å². The zero-order chi connectivity index (χ0) is 17.6. The number of pyridine rings is 1. The largest absolute Gasteiger partial charge is 0.351 e. The summed E-state index contributed by atoms with van der Waals surface area (Å²) in [6.07, 6.45) is 1.85. The van der Waals surface area contributed by atoms with Gasteiger partial charge in [-0.15, -0.1) is 11.3 Å². The van der Waals surface area contributed by atoms with Crippen molar-refractivity contribution < 1.29 is 0 Å². The van der Waals surface area contributed by atoms with Crippen molar-refractivity contribution in [2.45, 2.75) is 32.9 Å². The highest BCUT2D eigenvalue weighted by Gasteiger charge is 2.07. The van der Waals surface area contributed by atoms with Gasteiger partial charge in [-0.25, -0.2) is 4.98 Å². The van der Waals surface area contributed by atoms with Crippen LogP contribution in [-0.4, -0.2) is 23.0 Å². The maximum Gasteiger partial charge on any atom is 0.191 e. The molecule has 2 heterocycles. The van der Waals surface area contributed by atoms with Crippen LogP contribution in [0.2, 0.25) is 0 Å². The molecule has 1 aromatic carbocycles. The summed E-state index contributed by atoms with van der Waals surface area (Å²) in [7, 11) is 1.77. The zero-order valence-electron chi connectivity index (χ0n) is 14.8. The van der Waals surface area contributed by atoms with Crippen molar-refractivity contribution in [3.8, 4) is 0 Å². The second-order valence-corrected chi connectivity index (χ2v) is 7.02. The van der Waals surface area contributed by atoms with Gasteiger partial charge in [0.1, 0.15) is 5.01 Å². The van der Waals surface area contributed by atoms with Crippen LogP contribution in [-0.2, 0) is 13.1 Å². The topological polar surface area (TPSA) is 62.2 Å². The van der Waals surface area contributed by atoms with Crippen LogP contribution in [0.3, 0.4) is 0 Å². The van der Waals surface area contributed by atoms with Gasteiger partial charge in [0, 0.05) is 24.0 Å². The Balaban J connectivity index is 1.60. The number of hydrogen-bond donors (Lipinski definition) is 2. The molecule has 6 heteroatoms. The molecule has 5 nitrogen and oxygen atoms in total. The zero-order valence-corrected chi connectivity index (χ0v) is 15.6. The average Bonchev–Trinajstić information content (AvgIpc) is 3.11. The SMILES string of the molecule is CN=C(NCc1nc(C(C)C)cs1)NCc1nccc2ccccc12. The maximum absolute atomic E-state index is 4.64. The van der Waals surface area contributed by atoms with E-state index in [4.69, 9.17) is 0 Å². The molecule has 3 rings (SSSR count). The minimum absolute atomic E-state index is 0.458. The molecular weight excluding hydrogens is 330 g/mol. The van der Waals surface area contributed by atoms with E-state index >= 15 is 0 Å². The molecule has 0 saturated carbocycles. The predicted molar refractivity (Wildman–Crippen MR) is 105 cm³/mol. The van der Waals surface area contributed by atoms with Crippen LogP contribution in [0.25, 0.3) is 10.8 Å². The summed E-state index contributed by atoms with van der Waals surface area (Å²) in [6.45, 7) is 5.60. The van der Waals surface area contributed by atoms with Gasteiger partial charge in [0.15, 0.2) is 5.96 Å². The number of nitrogens with zero attached hydrogens (tertiary/aromatic N) is 3. The lowest BCUT2D eigenvalue weighted by atomic mass is 10.1. The lowest BCUT2D eigenvalue weighted by Crippen LogP contribution is -2.36. The third kappa shape index (κ3) is 4.33. The first kappa shape index (κ1) is 17.4. The molecule has 25 heavy (non-hydrogen) atoms. The van der Waals surface area contributed by atoms with Gasteiger partial charge in [0.2, 0.25) is 0 Å². The normalized spacial score (nSPS) is 11.9. The first-order valence-electron chi connectivity index (χ1n) is 8.39. The number of thiazole rings is 1. The molecule has 0 spiro atoms. The quantitative estimate of drug-likeness (QED) is 0.542. The van der Waals surface area contributed by atoms with E-state index in [-0.39, 0.29) is 0 Å². The third-order valence-electron chi connectivity index (χ3n) is 3.97. The maximum atomic E-state index is 4.64. The molecule has 0 aliphatic rings. The second kappa shape index (κ2) is 8.07. The number of guanidine groups is 1. The van der Waals surface area contributed by atoms with E-state index in [0.29, 0.717) is 19.0 Å². The molecule has 0 aliphatic heterocycles. The summed E-state index contributed by atoms with van der Waals surface area (Å²) < 4.78 is 0. The van der Waals surface area contributed by atoms with Crippen LogP contribution in [0.15, 0.2) is 46.9 Å². The van der Waals surface area contributed by atoms with Crippen molar-refractivity contribution in [3.05, 3.63) is 58.3 Å². The Bertz CT molecular complexity index is 864. The first-order valence-corrected chi connectivity index (χ1v) is 9.26. The summed E-state index contributed by atoms with van der Waals surface area (Å²) in [4.78, 5) is 13.4. The van der Waals surface area contributed by atoms with Crippen molar-refractivity contribution in [2.75, 3.05) is 7.05 Å². The average molecular weight is 353 g/mol. The van der Waals surface area contributed by atoms with Gasteiger partial charge in [0.05, 0.1) is 24.5 Å². The Hall–Kier alpha value is -2.47. The molecular formula is C19H23N5S. The van der Waals surface area contributed by atoms with E-state index in [1.54, 1.807) is 18.4 Å². The van der Waals surface area contributed by atoms with Crippen molar-refractivity contribution in [1.82, 2.24) is 20.6 Å². The van der Waals surface area contributed by atoms with Gasteiger partial charge in [-0.3, -0.25) is 9.98 Å². The Morgan fingerprint density at radius 2 is 1.96 bits per heavy atom. The van der Waals surface area contributed by atoms with E-state index in [9.17, 15) is 0 Å². The molecule has 0 amide bonds. The number of aliphatic imine (C=N–C) groups is 1. The van der Waals surface area contributed by atoms with Gasteiger partial charge in [0.25, 0.3) is 0 Å². The number of fused-ring (bicyclic) bond motifs is 1. The molecule has 0 fully saturated rings. The molecule has 0 atom stereocenters. The highest BCUT2D eigenvalue weighted by atomic mass is 32.1. The van der Waals surface area contributed by atoms with Crippen molar-refractivity contribution in [1.29, 1.82) is 0 Å². The van der Waals surface area contributed by atoms with Crippen molar-refractivity contribution in [3.63, 3.8) is 0 Å². The van der Waals surface area contributed by atoms with Crippen LogP contribution >= 0.6 is 11.3 Å². The summed E-state index contributed by atoms with van der Waals surface area (Å²) in [5, 5.41) is 12.2. The Morgan fingerprint density at radius 1 is 1.16 bits per heavy atom. The third-order valence-corrected chi connectivity index (χ3v) is 4.84. The molecule has 0 bridgehead atoms. The molecule has 3 aromatic rings. The van der Waals surface area contributed by atoms with Crippen molar-refractivity contribution >= 4 is 28.1 Å². The standard InChI is InChI=1S/C19H23N5S/c1-13(2)17-12-25-18(24-17)11-23-19(20-3)22-10-16-15-7-5-4-6-14(15)8-9-21-16/h4-9,12-13H,10-11H2,1-3H3,(H2,20,22,23). The summed E-state index contributed by atoms with van der Waals surface area (Å²) >= 11 is 1.68. The fraction of sp³-hybridized carbons (Fsp3) is 0.316. The number of hydrogen-bond acceptors (Lipinski definition) is 4. The Kier molecular flexibility index (Phi) is 5.60. The predicted octanol–water partition coefficient (Wildman–Crippen LogP) is 3.68. The van der Waals surface area contributed by atoms with E-state index in [1.807, 2.05) is 24.4 Å². The highest BCUT2D eigenvalue weighted by molar-refractivity contribution is 7.09. The lowest BCUT2D eigenvalue weighted by molar-refractivity contribution is 0.780. The number of rotatable bonds is 5. The summed E-state index contributed by atoms with van der Waals surface area (Å²) in [6, 6.07) is 10.3. The van der Waals surface area contributed by atoms with Crippen LogP contribution in [0.5, 0.6) is 0 Å². The Labute approximate surface area is 152 Å². The number of nitrogens with one attached hydrogen (secondary N) is 2. The molecule has 2 aromatic heterocycles. The van der Waals surface area contributed by atoms with Crippen LogP contribution in [0.1, 0.15) is 36.2 Å². The molecule has 0 unspecified atom stereocenters. The molecule has 2 N–H and O–H groups in total. The molecule has 0 saturated heterocycles. The van der Waals surface area contributed by atoms with Gasteiger partial charge in [-0.1, -0.05) is 38.1 Å². The summed E-state index contributed by atoms with van der Waals surface area (Å²) in [5.41, 5.74) is 2.15. The molecule has 130 valence electrons. The molecule has 0 aliphatic carbocycles. The Morgan fingerprint density at radius 3 is 2.72 bits per heavy atom. The first-order chi connectivity index (χ1) is 12.2. The fourth-order valence-electron chi connectivity index (χ4n) is 2.54. The van der Waals surface area contributed by atoms with Gasteiger partial charge in [-0.05, 0) is 17.4 Å². The van der Waals surface area contributed by atoms with E-state index in [2.05, 4.69) is 57.0 Å². The van der Waals surface area contributed by atoms with E-state index in [0.717, 1.165) is 27.7 Å².